The molecule has 0 aromatic rings. The first kappa shape index (κ1) is 88.3. The molecular formula is C81H145NO13. The Hall–Kier alpha value is -2.83. The van der Waals surface area contributed by atoms with Crippen molar-refractivity contribution in [2.24, 2.45) is 0 Å². The zero-order chi connectivity index (χ0) is 68.7. The summed E-state index contributed by atoms with van der Waals surface area (Å²) in [5, 5.41) is 87.5. The lowest BCUT2D eigenvalue weighted by molar-refractivity contribution is -0.359. The number of carbonyl (C=O) groups excluding carboxylic acids is 1. The highest BCUT2D eigenvalue weighted by molar-refractivity contribution is 5.76. The first-order valence-electron chi connectivity index (χ1n) is 39.3. The predicted octanol–water partition coefficient (Wildman–Crippen LogP) is 17.5. The smallest absolute Gasteiger partial charge is 0.220 e. The van der Waals surface area contributed by atoms with Crippen LogP contribution in [0.1, 0.15) is 328 Å². The van der Waals surface area contributed by atoms with Crippen molar-refractivity contribution in [1.82, 2.24) is 5.32 Å². The second-order valence-corrected chi connectivity index (χ2v) is 27.4. The largest absolute Gasteiger partial charge is 0.394 e. The molecule has 0 aromatic carbocycles. The molecule has 2 aliphatic rings. The molecule has 12 unspecified atom stereocenters. The fourth-order valence-electron chi connectivity index (χ4n) is 12.6. The summed E-state index contributed by atoms with van der Waals surface area (Å²) in [6.07, 6.45) is 74.0. The van der Waals surface area contributed by atoms with Crippen molar-refractivity contribution in [2.75, 3.05) is 19.8 Å². The van der Waals surface area contributed by atoms with Crippen molar-refractivity contribution in [3.05, 3.63) is 85.1 Å². The Morgan fingerprint density at radius 1 is 0.389 bits per heavy atom. The van der Waals surface area contributed by atoms with Gasteiger partial charge >= 0.3 is 0 Å². The molecule has 0 bridgehead atoms. The SMILES string of the molecule is CC/C=C\C/C=C\C/C=C\C/C=C\CCCCCCCCCCCCCCCCCCCCCCCCCCCCCCC(=O)NC(COC1OC(CO)C(OC2OC(CO)C(O)C(O)C2O)C(O)C1O)C(O)/C=C/CC/C=C/CC/C=C/CCCCCCCCCCCC. The maximum atomic E-state index is 13.4. The number of unbranched alkanes of at least 4 members (excludes halogenated alkanes) is 40. The summed E-state index contributed by atoms with van der Waals surface area (Å²) < 4.78 is 22.9. The van der Waals surface area contributed by atoms with E-state index in [2.05, 4.69) is 92.1 Å². The molecule has 2 fully saturated rings. The maximum absolute atomic E-state index is 13.4. The quantitative estimate of drug-likeness (QED) is 0.0204. The number of hydrogen-bond donors (Lipinski definition) is 9. The van der Waals surface area contributed by atoms with Gasteiger partial charge in [-0.2, -0.15) is 0 Å². The fourth-order valence-corrected chi connectivity index (χ4v) is 12.6. The molecule has 0 aliphatic carbocycles. The lowest BCUT2D eigenvalue weighted by Crippen LogP contribution is -2.65. The van der Waals surface area contributed by atoms with Crippen molar-refractivity contribution >= 4 is 5.91 Å². The van der Waals surface area contributed by atoms with Crippen molar-refractivity contribution in [1.29, 1.82) is 0 Å². The summed E-state index contributed by atoms with van der Waals surface area (Å²) in [7, 11) is 0. The fraction of sp³-hybridized carbons (Fsp3) is 0.815. The van der Waals surface area contributed by atoms with Gasteiger partial charge in [0.05, 0.1) is 32.0 Å². The third-order valence-electron chi connectivity index (χ3n) is 18.8. The minimum atomic E-state index is -1.79. The van der Waals surface area contributed by atoms with Crippen LogP contribution in [0.25, 0.3) is 0 Å². The van der Waals surface area contributed by atoms with Crippen LogP contribution in [0, 0.1) is 0 Å². The maximum Gasteiger partial charge on any atom is 0.220 e. The Bertz CT molecular complexity index is 1920. The highest BCUT2D eigenvalue weighted by Gasteiger charge is 2.51. The first-order valence-corrected chi connectivity index (χ1v) is 39.3. The Morgan fingerprint density at radius 3 is 1.16 bits per heavy atom. The molecule has 9 N–H and O–H groups in total. The van der Waals surface area contributed by atoms with Gasteiger partial charge in [0.1, 0.15) is 48.8 Å². The third-order valence-corrected chi connectivity index (χ3v) is 18.8. The molecule has 14 nitrogen and oxygen atoms in total. The van der Waals surface area contributed by atoms with Gasteiger partial charge in [0.25, 0.3) is 0 Å². The number of amides is 1. The summed E-state index contributed by atoms with van der Waals surface area (Å²) in [6.45, 7) is 2.69. The van der Waals surface area contributed by atoms with E-state index in [4.69, 9.17) is 18.9 Å². The summed E-state index contributed by atoms with van der Waals surface area (Å²) in [4.78, 5) is 13.4. The molecule has 2 rings (SSSR count). The molecule has 95 heavy (non-hydrogen) atoms. The van der Waals surface area contributed by atoms with Gasteiger partial charge in [-0.3, -0.25) is 4.79 Å². The molecule has 0 radical (unpaired) electrons. The Morgan fingerprint density at radius 2 is 0.737 bits per heavy atom. The molecule has 0 aromatic heterocycles. The highest BCUT2D eigenvalue weighted by Crippen LogP contribution is 2.30. The standard InChI is InChI=1S/C81H145NO13/c1-3-5-7-9-11-13-15-17-19-21-23-25-26-27-28-29-30-31-32-33-34-35-36-37-38-39-40-41-42-43-44-45-47-49-51-53-55-57-59-61-63-65-73(86)82-69(70(85)64-62-60-58-56-54-52-50-48-46-24-22-20-18-16-14-12-10-8-6-4-2)68-92-80-78(91)76(89)79(72(67-84)94-80)95-81-77(90)75(88)74(87)71(66-83)93-81/h5,7,11,13,17,19,23,25,46,48,54,56,62,64,69-72,74-81,83-85,87-91H,3-4,6,8-10,12,14-16,18,20-22,24,26-45,47,49-53,55,57-61,63,65-68H2,1-2H3,(H,82,86)/b7-5-,13-11-,19-17-,25-23-,48-46+,56-54+,64-62+. The lowest BCUT2D eigenvalue weighted by atomic mass is 9.97. The number of nitrogens with one attached hydrogen (secondary N) is 1. The van der Waals surface area contributed by atoms with Gasteiger partial charge < -0.3 is 65.1 Å². The molecular weight excluding hydrogens is 1190 g/mol. The molecule has 12 atom stereocenters. The number of aliphatic hydroxyl groups excluding tert-OH is 8. The van der Waals surface area contributed by atoms with E-state index in [-0.39, 0.29) is 18.9 Å². The van der Waals surface area contributed by atoms with Crippen molar-refractivity contribution < 1.29 is 64.6 Å². The highest BCUT2D eigenvalue weighted by atomic mass is 16.7. The normalized spacial score (nSPS) is 22.8. The van der Waals surface area contributed by atoms with Crippen molar-refractivity contribution in [3.8, 4) is 0 Å². The van der Waals surface area contributed by atoms with E-state index < -0.39 is 86.8 Å². The van der Waals surface area contributed by atoms with E-state index in [9.17, 15) is 45.6 Å². The molecule has 2 aliphatic heterocycles. The van der Waals surface area contributed by atoms with Gasteiger partial charge in [0.2, 0.25) is 5.91 Å². The monoisotopic (exact) mass is 1340 g/mol. The summed E-state index contributed by atoms with van der Waals surface area (Å²) in [6, 6.07) is -0.940. The van der Waals surface area contributed by atoms with Gasteiger partial charge in [0.15, 0.2) is 12.6 Å². The number of rotatable bonds is 65. The van der Waals surface area contributed by atoms with E-state index in [1.165, 1.54) is 225 Å². The van der Waals surface area contributed by atoms with E-state index >= 15 is 0 Å². The Kier molecular flexibility index (Phi) is 60.0. The molecule has 0 spiro atoms. The van der Waals surface area contributed by atoms with Gasteiger partial charge in [0, 0.05) is 6.42 Å². The number of aliphatic hydroxyl groups is 8. The minimum absolute atomic E-state index is 0.249. The van der Waals surface area contributed by atoms with Crippen LogP contribution < -0.4 is 5.32 Å². The second-order valence-electron chi connectivity index (χ2n) is 27.4. The van der Waals surface area contributed by atoms with Crippen LogP contribution >= 0.6 is 0 Å². The molecule has 0 saturated carbocycles. The molecule has 14 heteroatoms. The van der Waals surface area contributed by atoms with E-state index in [1.807, 2.05) is 6.08 Å². The van der Waals surface area contributed by atoms with Gasteiger partial charge in [-0.25, -0.2) is 0 Å². The molecule has 2 saturated heterocycles. The van der Waals surface area contributed by atoms with E-state index in [1.54, 1.807) is 6.08 Å². The Labute approximate surface area is 580 Å². The van der Waals surface area contributed by atoms with Gasteiger partial charge in [-0.15, -0.1) is 0 Å². The zero-order valence-corrected chi connectivity index (χ0v) is 60.4. The second kappa shape index (κ2) is 64.5. The lowest BCUT2D eigenvalue weighted by Gasteiger charge is -2.46. The molecule has 2 heterocycles. The van der Waals surface area contributed by atoms with Crippen molar-refractivity contribution in [3.63, 3.8) is 0 Å². The van der Waals surface area contributed by atoms with Gasteiger partial charge in [-0.05, 0) is 83.5 Å². The topological polar surface area (TPSA) is 228 Å². The minimum Gasteiger partial charge on any atom is -0.394 e. The van der Waals surface area contributed by atoms with Crippen LogP contribution in [0.4, 0.5) is 0 Å². The summed E-state index contributed by atoms with van der Waals surface area (Å²) in [5.41, 5.74) is 0. The van der Waals surface area contributed by atoms with E-state index in [0.29, 0.717) is 12.8 Å². The molecule has 552 valence electrons. The third kappa shape index (κ3) is 47.8. The average Bonchev–Trinajstić information content (AvgIpc) is 0.897. The number of ether oxygens (including phenoxy) is 4. The first-order chi connectivity index (χ1) is 46.6. The Balaban J connectivity index is 1.57. The van der Waals surface area contributed by atoms with Crippen LogP contribution in [0.5, 0.6) is 0 Å². The summed E-state index contributed by atoms with van der Waals surface area (Å²) >= 11 is 0. The number of carbonyl (C=O) groups is 1. The van der Waals surface area contributed by atoms with Crippen LogP contribution in [0.2, 0.25) is 0 Å². The van der Waals surface area contributed by atoms with E-state index in [0.717, 1.165) is 70.6 Å². The van der Waals surface area contributed by atoms with Crippen molar-refractivity contribution in [2.45, 2.75) is 402 Å². The molecule has 1 amide bonds. The predicted molar refractivity (Wildman–Crippen MR) is 392 cm³/mol. The number of hydrogen-bond acceptors (Lipinski definition) is 13. The average molecular weight is 1340 g/mol. The van der Waals surface area contributed by atoms with Crippen LogP contribution in [-0.2, 0) is 23.7 Å². The van der Waals surface area contributed by atoms with Gasteiger partial charge in [-0.1, -0.05) is 324 Å². The number of allylic oxidation sites excluding steroid dienone is 13. The van der Waals surface area contributed by atoms with Crippen LogP contribution in [0.3, 0.4) is 0 Å². The summed E-state index contributed by atoms with van der Waals surface area (Å²) in [5.74, 6) is -0.249. The van der Waals surface area contributed by atoms with Crippen LogP contribution in [0.15, 0.2) is 85.1 Å². The van der Waals surface area contributed by atoms with Crippen LogP contribution in [-0.4, -0.2) is 140 Å². The zero-order valence-electron chi connectivity index (χ0n) is 60.4.